The van der Waals surface area contributed by atoms with Crippen molar-refractivity contribution in [3.63, 3.8) is 0 Å². The van der Waals surface area contributed by atoms with Gasteiger partial charge >= 0.3 is 11.9 Å². The van der Waals surface area contributed by atoms with Gasteiger partial charge in [0.25, 0.3) is 0 Å². The van der Waals surface area contributed by atoms with Gasteiger partial charge in [0.2, 0.25) is 12.7 Å². The van der Waals surface area contributed by atoms with E-state index in [0.717, 1.165) is 10.4 Å². The Labute approximate surface area is 190 Å². The number of nitrogens with zero attached hydrogens (tertiary/aromatic N) is 1. The van der Waals surface area contributed by atoms with Crippen LogP contribution in [0.1, 0.15) is 44.6 Å². The normalized spacial score (nSPS) is 21.4. The lowest BCUT2D eigenvalue weighted by Crippen LogP contribution is -2.61. The third-order valence-corrected chi connectivity index (χ3v) is 6.81. The average Bonchev–Trinajstić information content (AvgIpc) is 3.28. The predicted molar refractivity (Wildman–Crippen MR) is 119 cm³/mol. The molecular weight excluding hydrogens is 440 g/mol. The molecule has 0 radical (unpaired) electrons. The van der Waals surface area contributed by atoms with Gasteiger partial charge in [-0.2, -0.15) is 0 Å². The number of fused-ring (bicyclic) bond motifs is 1. The fraction of sp³-hybridized carbons (Fsp3) is 0.524. The maximum atomic E-state index is 12.9. The average molecular weight is 467 g/mol. The Bertz CT molecular complexity index is 959. The number of thiocarbonyl (C=S) groups is 1. The SMILES string of the molecule is CNC(=S)c1cc(C2=C(C(=O)OCOC(=O)C(C)(C)C)N3C(=O)[C@H]([C@@H](C)O)[C@H]3C2)cs1. The van der Waals surface area contributed by atoms with Gasteiger partial charge in [0.05, 0.1) is 28.4 Å². The third kappa shape index (κ3) is 4.37. The maximum Gasteiger partial charge on any atom is 0.358 e. The standard InChI is InChI=1S/C21H26N2O6S2/c1-10(24)15-13-7-12(11-6-14(31-8-11)17(30)22-5)16(23(13)18(15)25)19(26)28-9-29-20(27)21(2,3)4/h6,8,10,13,15,24H,7,9H2,1-5H3,(H,22,30)/t10-,13-,15-/m1/s1. The topological polar surface area (TPSA) is 105 Å². The van der Waals surface area contributed by atoms with Crippen molar-refractivity contribution in [3.8, 4) is 0 Å². The molecule has 0 aliphatic carbocycles. The molecule has 1 saturated heterocycles. The summed E-state index contributed by atoms with van der Waals surface area (Å²) in [7, 11) is 1.73. The number of hydrogen-bond donors (Lipinski definition) is 2. The van der Waals surface area contributed by atoms with Crippen molar-refractivity contribution >= 4 is 52.0 Å². The first-order valence-electron chi connectivity index (χ1n) is 9.87. The van der Waals surface area contributed by atoms with Crippen molar-refractivity contribution in [2.75, 3.05) is 13.8 Å². The molecule has 0 spiro atoms. The predicted octanol–water partition coefficient (Wildman–Crippen LogP) is 2.06. The highest BCUT2D eigenvalue weighted by atomic mass is 32.1. The molecule has 0 bridgehead atoms. The van der Waals surface area contributed by atoms with Gasteiger partial charge in [0.15, 0.2) is 0 Å². The number of hydrogen-bond acceptors (Lipinski definition) is 8. The van der Waals surface area contributed by atoms with Crippen LogP contribution in [0, 0.1) is 11.3 Å². The second-order valence-electron chi connectivity index (χ2n) is 8.58. The van der Waals surface area contributed by atoms with Crippen molar-refractivity contribution in [1.82, 2.24) is 10.2 Å². The molecule has 2 aliphatic heterocycles. The summed E-state index contributed by atoms with van der Waals surface area (Å²) >= 11 is 6.70. The zero-order valence-corrected chi connectivity index (χ0v) is 19.7. The molecular formula is C21H26N2O6S2. The van der Waals surface area contributed by atoms with Crippen LogP contribution < -0.4 is 5.32 Å². The number of thiophene rings is 1. The van der Waals surface area contributed by atoms with Gasteiger partial charge in [0, 0.05) is 7.05 Å². The monoisotopic (exact) mass is 466 g/mol. The van der Waals surface area contributed by atoms with Crippen LogP contribution in [0.2, 0.25) is 0 Å². The van der Waals surface area contributed by atoms with Crippen molar-refractivity contribution in [2.24, 2.45) is 11.3 Å². The number of rotatable bonds is 6. The lowest BCUT2D eigenvalue weighted by molar-refractivity contribution is -0.175. The smallest absolute Gasteiger partial charge is 0.358 e. The fourth-order valence-electron chi connectivity index (χ4n) is 3.67. The molecule has 0 unspecified atom stereocenters. The van der Waals surface area contributed by atoms with E-state index in [9.17, 15) is 19.5 Å². The summed E-state index contributed by atoms with van der Waals surface area (Å²) in [6.45, 7) is 6.10. The summed E-state index contributed by atoms with van der Waals surface area (Å²) in [5.74, 6) is -2.15. The molecule has 1 amide bonds. The first-order valence-corrected chi connectivity index (χ1v) is 11.2. The fourth-order valence-corrected chi connectivity index (χ4v) is 4.75. The first-order chi connectivity index (χ1) is 14.5. The van der Waals surface area contributed by atoms with E-state index in [0.29, 0.717) is 17.0 Å². The summed E-state index contributed by atoms with van der Waals surface area (Å²) in [6, 6.07) is 1.54. The third-order valence-electron chi connectivity index (χ3n) is 5.31. The van der Waals surface area contributed by atoms with Crippen LogP contribution in [0.25, 0.3) is 5.57 Å². The Morgan fingerprint density at radius 2 is 2.06 bits per heavy atom. The quantitative estimate of drug-likeness (QED) is 0.284. The second-order valence-corrected chi connectivity index (χ2v) is 9.90. The highest BCUT2D eigenvalue weighted by Crippen LogP contribution is 2.47. The molecule has 0 saturated carbocycles. The number of β-lactam (4-membered cyclic amide) rings is 1. The Hall–Kier alpha value is -2.30. The molecule has 3 atom stereocenters. The number of nitrogens with one attached hydrogen (secondary N) is 1. The number of ether oxygens (including phenoxy) is 2. The van der Waals surface area contributed by atoms with Crippen LogP contribution in [-0.2, 0) is 23.9 Å². The lowest BCUT2D eigenvalue weighted by Gasteiger charge is -2.44. The highest BCUT2D eigenvalue weighted by Gasteiger charge is 2.57. The number of aliphatic hydroxyl groups is 1. The molecule has 1 aromatic heterocycles. The van der Waals surface area contributed by atoms with E-state index in [4.69, 9.17) is 21.7 Å². The minimum Gasteiger partial charge on any atom is -0.427 e. The van der Waals surface area contributed by atoms with Crippen LogP contribution >= 0.6 is 23.6 Å². The van der Waals surface area contributed by atoms with Crippen LogP contribution in [0.4, 0.5) is 0 Å². The van der Waals surface area contributed by atoms with E-state index < -0.39 is 36.2 Å². The molecule has 1 fully saturated rings. The van der Waals surface area contributed by atoms with Gasteiger partial charge in [0.1, 0.15) is 10.7 Å². The molecule has 0 aromatic carbocycles. The lowest BCUT2D eigenvalue weighted by atomic mass is 9.82. The first kappa shape index (κ1) is 23.4. The number of esters is 2. The number of carbonyl (C=O) groups excluding carboxylic acids is 3. The number of carbonyl (C=O) groups is 3. The molecule has 168 valence electrons. The molecule has 8 nitrogen and oxygen atoms in total. The maximum absolute atomic E-state index is 12.9. The van der Waals surface area contributed by atoms with Gasteiger partial charge in [-0.05, 0) is 56.7 Å². The van der Waals surface area contributed by atoms with Crippen LogP contribution in [0.5, 0.6) is 0 Å². The Balaban J connectivity index is 1.86. The molecule has 2 aliphatic rings. The molecule has 3 rings (SSSR count). The second kappa shape index (κ2) is 8.68. The van der Waals surface area contributed by atoms with Gasteiger partial charge in [-0.15, -0.1) is 11.3 Å². The summed E-state index contributed by atoms with van der Waals surface area (Å²) in [5.41, 5.74) is 0.808. The van der Waals surface area contributed by atoms with E-state index in [1.807, 2.05) is 11.4 Å². The summed E-state index contributed by atoms with van der Waals surface area (Å²) < 4.78 is 10.2. The van der Waals surface area contributed by atoms with Crippen molar-refractivity contribution in [2.45, 2.75) is 46.3 Å². The van der Waals surface area contributed by atoms with Crippen molar-refractivity contribution in [3.05, 3.63) is 27.6 Å². The molecule has 1 aromatic rings. The van der Waals surface area contributed by atoms with Crippen molar-refractivity contribution < 1.29 is 29.0 Å². The largest absolute Gasteiger partial charge is 0.427 e. The van der Waals surface area contributed by atoms with E-state index in [1.165, 1.54) is 16.2 Å². The Kier molecular flexibility index (Phi) is 6.54. The minimum absolute atomic E-state index is 0.124. The van der Waals surface area contributed by atoms with Gasteiger partial charge in [-0.1, -0.05) is 12.2 Å². The Morgan fingerprint density at radius 1 is 1.39 bits per heavy atom. The molecule has 3 heterocycles. The van der Waals surface area contributed by atoms with Crippen LogP contribution in [0.15, 0.2) is 17.1 Å². The van der Waals surface area contributed by atoms with Gasteiger partial charge in [-0.3, -0.25) is 9.59 Å². The Morgan fingerprint density at radius 3 is 2.65 bits per heavy atom. The summed E-state index contributed by atoms with van der Waals surface area (Å²) in [5, 5.41) is 14.8. The van der Waals surface area contributed by atoms with E-state index in [2.05, 4.69) is 5.32 Å². The molecule has 10 heteroatoms. The van der Waals surface area contributed by atoms with E-state index in [1.54, 1.807) is 34.7 Å². The van der Waals surface area contributed by atoms with Crippen LogP contribution in [-0.4, -0.2) is 58.8 Å². The van der Waals surface area contributed by atoms with Gasteiger partial charge < -0.3 is 24.8 Å². The zero-order chi connectivity index (χ0) is 23.1. The number of aliphatic hydroxyl groups excluding tert-OH is 1. The molecule has 2 N–H and O–H groups in total. The van der Waals surface area contributed by atoms with Gasteiger partial charge in [-0.25, -0.2) is 4.79 Å². The highest BCUT2D eigenvalue weighted by molar-refractivity contribution is 7.81. The van der Waals surface area contributed by atoms with E-state index >= 15 is 0 Å². The minimum atomic E-state index is -0.826. The van der Waals surface area contributed by atoms with Crippen molar-refractivity contribution in [1.29, 1.82) is 0 Å². The van der Waals surface area contributed by atoms with Crippen LogP contribution in [0.3, 0.4) is 0 Å². The summed E-state index contributed by atoms with van der Waals surface area (Å²) in [6.07, 6.45) is -0.413. The molecule has 31 heavy (non-hydrogen) atoms. The van der Waals surface area contributed by atoms with E-state index in [-0.39, 0.29) is 17.6 Å². The summed E-state index contributed by atoms with van der Waals surface area (Å²) in [4.78, 5) is 40.3. The zero-order valence-electron chi connectivity index (χ0n) is 18.1. The number of amides is 1.